The van der Waals surface area contributed by atoms with Crippen molar-refractivity contribution in [2.75, 3.05) is 23.0 Å². The summed E-state index contributed by atoms with van der Waals surface area (Å²) in [6.07, 6.45) is 4.67. The summed E-state index contributed by atoms with van der Waals surface area (Å²) < 4.78 is 0. The number of carboxylic acid groups (broad SMARTS) is 1. The number of hydrogen-bond acceptors (Lipinski definition) is 6. The SMILES string of the molecule is O=C(CCCCC1CCSS1)Nc1cc(NC(CO)C(=O)O)ccc1Cl. The zero-order valence-electron chi connectivity index (χ0n) is 14.2. The van der Waals surface area contributed by atoms with Crippen LogP contribution in [0.2, 0.25) is 5.02 Å². The quantitative estimate of drug-likeness (QED) is 0.338. The van der Waals surface area contributed by atoms with Crippen molar-refractivity contribution in [3.05, 3.63) is 23.2 Å². The van der Waals surface area contributed by atoms with Crippen LogP contribution in [0.15, 0.2) is 18.2 Å². The Labute approximate surface area is 165 Å². The van der Waals surface area contributed by atoms with Gasteiger partial charge in [0, 0.05) is 23.1 Å². The van der Waals surface area contributed by atoms with Gasteiger partial charge in [-0.15, -0.1) is 0 Å². The second-order valence-electron chi connectivity index (χ2n) is 6.04. The zero-order chi connectivity index (χ0) is 18.9. The fourth-order valence-corrected chi connectivity index (χ4v) is 5.72. The normalized spacial score (nSPS) is 17.7. The molecule has 0 radical (unpaired) electrons. The Kier molecular flexibility index (Phi) is 8.90. The first-order valence-corrected chi connectivity index (χ1v) is 11.2. The minimum absolute atomic E-state index is 0.116. The number of aliphatic hydroxyl groups is 1. The van der Waals surface area contributed by atoms with Gasteiger partial charge in [0.1, 0.15) is 6.04 Å². The lowest BCUT2D eigenvalue weighted by Gasteiger charge is -2.15. The molecular formula is C17H23ClN2O4S2. The van der Waals surface area contributed by atoms with Crippen molar-refractivity contribution in [3.63, 3.8) is 0 Å². The Morgan fingerprint density at radius 3 is 2.81 bits per heavy atom. The van der Waals surface area contributed by atoms with E-state index < -0.39 is 18.6 Å². The summed E-state index contributed by atoms with van der Waals surface area (Å²) in [4.78, 5) is 23.1. The number of hydrogen-bond donors (Lipinski definition) is 4. The highest BCUT2D eigenvalue weighted by Gasteiger charge is 2.17. The summed E-state index contributed by atoms with van der Waals surface area (Å²) in [5.74, 6) is -0.0566. The van der Waals surface area contributed by atoms with E-state index in [-0.39, 0.29) is 5.91 Å². The van der Waals surface area contributed by atoms with Crippen molar-refractivity contribution in [2.45, 2.75) is 43.4 Å². The highest BCUT2D eigenvalue weighted by atomic mass is 35.5. The van der Waals surface area contributed by atoms with E-state index >= 15 is 0 Å². The first kappa shape index (κ1) is 21.2. The van der Waals surface area contributed by atoms with Gasteiger partial charge in [0.15, 0.2) is 0 Å². The summed E-state index contributed by atoms with van der Waals surface area (Å²) in [5.41, 5.74) is 0.883. The summed E-state index contributed by atoms with van der Waals surface area (Å²) >= 11 is 6.11. The third-order valence-corrected chi connectivity index (χ3v) is 7.31. The molecule has 1 saturated heterocycles. The van der Waals surface area contributed by atoms with Crippen LogP contribution in [0.25, 0.3) is 0 Å². The molecule has 6 nitrogen and oxygen atoms in total. The van der Waals surface area contributed by atoms with E-state index in [1.807, 2.05) is 21.6 Å². The van der Waals surface area contributed by atoms with Crippen molar-refractivity contribution >= 4 is 56.4 Å². The molecule has 144 valence electrons. The lowest BCUT2D eigenvalue weighted by atomic mass is 10.1. The van der Waals surface area contributed by atoms with Crippen LogP contribution in [0, 0.1) is 0 Å². The third kappa shape index (κ3) is 6.90. The van der Waals surface area contributed by atoms with Crippen LogP contribution in [-0.4, -0.2) is 45.7 Å². The molecule has 2 atom stereocenters. The lowest BCUT2D eigenvalue weighted by Crippen LogP contribution is -2.32. The van der Waals surface area contributed by atoms with E-state index in [0.29, 0.717) is 28.1 Å². The number of benzene rings is 1. The minimum Gasteiger partial charge on any atom is -0.480 e. The summed E-state index contributed by atoms with van der Waals surface area (Å²) in [6.45, 7) is -0.544. The fraction of sp³-hybridized carbons (Fsp3) is 0.529. The molecular weight excluding hydrogens is 396 g/mol. The molecule has 1 aromatic carbocycles. The molecule has 9 heteroatoms. The summed E-state index contributed by atoms with van der Waals surface area (Å²) in [5, 5.41) is 24.6. The maximum Gasteiger partial charge on any atom is 0.328 e. The van der Waals surface area contributed by atoms with Crippen LogP contribution in [0.4, 0.5) is 11.4 Å². The van der Waals surface area contributed by atoms with Gasteiger partial charge in [-0.2, -0.15) is 0 Å². The maximum absolute atomic E-state index is 12.1. The van der Waals surface area contributed by atoms with Gasteiger partial charge in [-0.05, 0) is 37.5 Å². The number of carbonyl (C=O) groups is 2. The number of anilines is 2. The van der Waals surface area contributed by atoms with E-state index in [1.54, 1.807) is 18.2 Å². The second kappa shape index (κ2) is 10.9. The molecule has 2 unspecified atom stereocenters. The summed E-state index contributed by atoms with van der Waals surface area (Å²) in [6, 6.07) is 3.62. The first-order valence-electron chi connectivity index (χ1n) is 8.47. The van der Waals surface area contributed by atoms with Gasteiger partial charge >= 0.3 is 5.97 Å². The Bertz CT molecular complexity index is 627. The molecule has 2 rings (SSSR count). The van der Waals surface area contributed by atoms with Crippen LogP contribution in [0.5, 0.6) is 0 Å². The highest BCUT2D eigenvalue weighted by Crippen LogP contribution is 2.39. The third-order valence-electron chi connectivity index (χ3n) is 3.97. The Morgan fingerprint density at radius 2 is 2.15 bits per heavy atom. The van der Waals surface area contributed by atoms with Gasteiger partial charge in [0.25, 0.3) is 0 Å². The number of nitrogens with one attached hydrogen (secondary N) is 2. The van der Waals surface area contributed by atoms with Crippen molar-refractivity contribution in [2.24, 2.45) is 0 Å². The monoisotopic (exact) mass is 418 g/mol. The van der Waals surface area contributed by atoms with Gasteiger partial charge in [-0.3, -0.25) is 4.79 Å². The van der Waals surface area contributed by atoms with Gasteiger partial charge in [0.05, 0.1) is 17.3 Å². The molecule has 26 heavy (non-hydrogen) atoms. The molecule has 0 spiro atoms. The molecule has 4 N–H and O–H groups in total. The van der Waals surface area contributed by atoms with Crippen LogP contribution >= 0.6 is 33.2 Å². The number of carboxylic acids is 1. The predicted molar refractivity (Wildman–Crippen MR) is 109 cm³/mol. The van der Waals surface area contributed by atoms with Gasteiger partial charge in [-0.25, -0.2) is 4.79 Å². The van der Waals surface area contributed by atoms with E-state index in [1.165, 1.54) is 12.2 Å². The Balaban J connectivity index is 1.82. The number of halogens is 1. The number of amides is 1. The smallest absolute Gasteiger partial charge is 0.328 e. The number of rotatable bonds is 10. The van der Waals surface area contributed by atoms with E-state index in [0.717, 1.165) is 19.3 Å². The molecule has 0 aromatic heterocycles. The lowest BCUT2D eigenvalue weighted by molar-refractivity contribution is -0.138. The van der Waals surface area contributed by atoms with Gasteiger partial charge in [0.2, 0.25) is 5.91 Å². The van der Waals surface area contributed by atoms with E-state index in [2.05, 4.69) is 10.6 Å². The van der Waals surface area contributed by atoms with Crippen molar-refractivity contribution in [1.82, 2.24) is 0 Å². The number of aliphatic hydroxyl groups excluding tert-OH is 1. The van der Waals surface area contributed by atoms with Crippen molar-refractivity contribution in [1.29, 1.82) is 0 Å². The Morgan fingerprint density at radius 1 is 1.35 bits per heavy atom. The van der Waals surface area contributed by atoms with Crippen molar-refractivity contribution < 1.29 is 19.8 Å². The molecule has 1 aliphatic heterocycles. The molecule has 0 bridgehead atoms. The second-order valence-corrected chi connectivity index (χ2v) is 9.23. The topological polar surface area (TPSA) is 98.7 Å². The average Bonchev–Trinajstić information content (AvgIpc) is 3.12. The maximum atomic E-state index is 12.1. The molecule has 1 amide bonds. The van der Waals surface area contributed by atoms with Crippen molar-refractivity contribution in [3.8, 4) is 0 Å². The number of unbranched alkanes of at least 4 members (excludes halogenated alkanes) is 1. The van der Waals surface area contributed by atoms with Crippen LogP contribution < -0.4 is 10.6 Å². The van der Waals surface area contributed by atoms with Crippen LogP contribution in [0.1, 0.15) is 32.1 Å². The first-order chi connectivity index (χ1) is 12.5. The molecule has 1 aliphatic rings. The molecule has 0 saturated carbocycles. The van der Waals surface area contributed by atoms with E-state index in [9.17, 15) is 9.59 Å². The average molecular weight is 419 g/mol. The molecule has 1 aromatic rings. The molecule has 0 aliphatic carbocycles. The molecule has 1 fully saturated rings. The predicted octanol–water partition coefficient (Wildman–Crippen LogP) is 3.85. The van der Waals surface area contributed by atoms with Gasteiger partial charge < -0.3 is 20.8 Å². The standard InChI is InChI=1S/C17H23ClN2O4S2/c18-13-6-5-11(19-15(10-21)17(23)24)9-14(13)20-16(22)4-2-1-3-12-7-8-25-26-12/h5-6,9,12,15,19,21H,1-4,7-8,10H2,(H,20,22)(H,23,24). The fourth-order valence-electron chi connectivity index (χ4n) is 2.53. The van der Waals surface area contributed by atoms with E-state index in [4.69, 9.17) is 21.8 Å². The Hall–Kier alpha value is -1.09. The van der Waals surface area contributed by atoms with Crippen LogP contribution in [0.3, 0.4) is 0 Å². The largest absolute Gasteiger partial charge is 0.480 e. The number of aliphatic carboxylic acids is 1. The summed E-state index contributed by atoms with van der Waals surface area (Å²) in [7, 11) is 3.87. The molecule has 1 heterocycles. The minimum atomic E-state index is -1.16. The highest BCUT2D eigenvalue weighted by molar-refractivity contribution is 8.77. The number of carbonyl (C=O) groups excluding carboxylic acids is 1. The van der Waals surface area contributed by atoms with Crippen LogP contribution in [-0.2, 0) is 9.59 Å². The zero-order valence-corrected chi connectivity index (χ0v) is 16.6. The van der Waals surface area contributed by atoms with Gasteiger partial charge in [-0.1, -0.05) is 39.6 Å².